The number of carbonyl (C=O) groups excluding carboxylic acids is 1. The van der Waals surface area contributed by atoms with E-state index in [2.05, 4.69) is 20.6 Å². The fourth-order valence-electron chi connectivity index (χ4n) is 1.48. The van der Waals surface area contributed by atoms with Gasteiger partial charge in [-0.3, -0.25) is 15.1 Å². The summed E-state index contributed by atoms with van der Waals surface area (Å²) in [6.07, 6.45) is 3.21. The number of amides is 1. The molecular formula is C12H14N4OS. The molecule has 0 fully saturated rings. The molecule has 2 aromatic heterocycles. The number of nitrogens with one attached hydrogen (secondary N) is 2. The molecule has 18 heavy (non-hydrogen) atoms. The Kier molecular flexibility index (Phi) is 3.57. The quantitative estimate of drug-likeness (QED) is 0.891. The number of nitrogens with zero attached hydrogens (tertiary/aromatic N) is 2. The lowest BCUT2D eigenvalue weighted by molar-refractivity contribution is 0.102. The van der Waals surface area contributed by atoms with Gasteiger partial charge in [-0.2, -0.15) is 0 Å². The lowest BCUT2D eigenvalue weighted by Crippen LogP contribution is -2.14. The van der Waals surface area contributed by atoms with Crippen LogP contribution >= 0.6 is 11.3 Å². The van der Waals surface area contributed by atoms with Crippen molar-refractivity contribution in [1.82, 2.24) is 9.97 Å². The summed E-state index contributed by atoms with van der Waals surface area (Å²) in [6, 6.07) is 1.68. The van der Waals surface area contributed by atoms with Crippen LogP contribution in [-0.4, -0.2) is 22.9 Å². The number of hydrogen-bond acceptors (Lipinski definition) is 5. The molecule has 0 spiro atoms. The van der Waals surface area contributed by atoms with Gasteiger partial charge in [-0.25, -0.2) is 4.98 Å². The van der Waals surface area contributed by atoms with Crippen molar-refractivity contribution in [2.24, 2.45) is 0 Å². The molecule has 0 aliphatic carbocycles. The molecule has 94 valence electrons. The number of rotatable bonds is 3. The Morgan fingerprint density at radius 1 is 1.39 bits per heavy atom. The van der Waals surface area contributed by atoms with E-state index in [0.717, 1.165) is 10.6 Å². The molecule has 0 aromatic carbocycles. The highest BCUT2D eigenvalue weighted by Gasteiger charge is 2.13. The highest BCUT2D eigenvalue weighted by molar-refractivity contribution is 7.15. The minimum atomic E-state index is -0.185. The highest BCUT2D eigenvalue weighted by atomic mass is 32.1. The molecule has 0 aliphatic heterocycles. The summed E-state index contributed by atoms with van der Waals surface area (Å²) in [4.78, 5) is 21.5. The summed E-state index contributed by atoms with van der Waals surface area (Å²) >= 11 is 1.47. The van der Waals surface area contributed by atoms with Crippen molar-refractivity contribution >= 4 is 28.1 Å². The van der Waals surface area contributed by atoms with E-state index in [1.807, 2.05) is 13.8 Å². The van der Waals surface area contributed by atoms with Crippen LogP contribution in [0.1, 0.15) is 20.9 Å². The molecule has 0 aliphatic rings. The summed E-state index contributed by atoms with van der Waals surface area (Å²) in [5, 5.41) is 6.35. The average molecular weight is 262 g/mol. The smallest absolute Gasteiger partial charge is 0.259 e. The number of pyridine rings is 1. The van der Waals surface area contributed by atoms with Gasteiger partial charge in [0.25, 0.3) is 5.91 Å². The minimum absolute atomic E-state index is 0.185. The van der Waals surface area contributed by atoms with Crippen molar-refractivity contribution < 1.29 is 4.79 Å². The SMILES string of the molecule is CNc1cnccc1C(=O)Nc1nc(C)c(C)s1. The Labute approximate surface area is 109 Å². The van der Waals surface area contributed by atoms with Gasteiger partial charge >= 0.3 is 0 Å². The summed E-state index contributed by atoms with van der Waals surface area (Å²) in [6.45, 7) is 3.90. The van der Waals surface area contributed by atoms with Crippen molar-refractivity contribution in [3.05, 3.63) is 34.6 Å². The van der Waals surface area contributed by atoms with Gasteiger partial charge in [0.15, 0.2) is 5.13 Å². The van der Waals surface area contributed by atoms with Crippen molar-refractivity contribution in [2.75, 3.05) is 17.7 Å². The third-order valence-corrected chi connectivity index (χ3v) is 3.57. The predicted molar refractivity (Wildman–Crippen MR) is 73.3 cm³/mol. The lowest BCUT2D eigenvalue weighted by Gasteiger charge is -2.07. The van der Waals surface area contributed by atoms with Crippen molar-refractivity contribution in [3.63, 3.8) is 0 Å². The van der Waals surface area contributed by atoms with E-state index in [1.165, 1.54) is 11.3 Å². The average Bonchev–Trinajstić information content (AvgIpc) is 2.68. The van der Waals surface area contributed by atoms with Crippen molar-refractivity contribution in [3.8, 4) is 0 Å². The molecule has 0 saturated heterocycles. The molecule has 0 unspecified atom stereocenters. The second-order valence-corrected chi connectivity index (χ2v) is 4.99. The maximum Gasteiger partial charge on any atom is 0.259 e. The lowest BCUT2D eigenvalue weighted by atomic mass is 10.2. The monoisotopic (exact) mass is 262 g/mol. The maximum absolute atomic E-state index is 12.1. The van der Waals surface area contributed by atoms with Crippen LogP contribution in [0.4, 0.5) is 10.8 Å². The third-order valence-electron chi connectivity index (χ3n) is 2.58. The van der Waals surface area contributed by atoms with E-state index in [1.54, 1.807) is 25.5 Å². The maximum atomic E-state index is 12.1. The molecule has 0 atom stereocenters. The second-order valence-electron chi connectivity index (χ2n) is 3.79. The van der Waals surface area contributed by atoms with Gasteiger partial charge in [0.2, 0.25) is 0 Å². The zero-order chi connectivity index (χ0) is 13.1. The summed E-state index contributed by atoms with van der Waals surface area (Å²) < 4.78 is 0. The number of anilines is 2. The second kappa shape index (κ2) is 5.14. The molecule has 2 heterocycles. The predicted octanol–water partition coefficient (Wildman–Crippen LogP) is 2.45. The van der Waals surface area contributed by atoms with Crippen LogP contribution in [0.15, 0.2) is 18.5 Å². The molecule has 2 aromatic rings. The van der Waals surface area contributed by atoms with E-state index in [9.17, 15) is 4.79 Å². The van der Waals surface area contributed by atoms with Crippen LogP contribution in [0, 0.1) is 13.8 Å². The van der Waals surface area contributed by atoms with Crippen LogP contribution in [-0.2, 0) is 0 Å². The Bertz CT molecular complexity index is 560. The number of hydrogen-bond donors (Lipinski definition) is 2. The van der Waals surface area contributed by atoms with Crippen LogP contribution < -0.4 is 10.6 Å². The number of aromatic nitrogens is 2. The minimum Gasteiger partial charge on any atom is -0.386 e. The molecule has 0 radical (unpaired) electrons. The zero-order valence-corrected chi connectivity index (χ0v) is 11.3. The first kappa shape index (κ1) is 12.5. The molecule has 0 saturated carbocycles. The fraction of sp³-hybridized carbons (Fsp3) is 0.250. The Morgan fingerprint density at radius 3 is 2.78 bits per heavy atom. The molecule has 1 amide bonds. The normalized spacial score (nSPS) is 10.2. The van der Waals surface area contributed by atoms with Gasteiger partial charge in [0.1, 0.15) is 0 Å². The van der Waals surface area contributed by atoms with Gasteiger partial charge in [-0.05, 0) is 19.9 Å². The summed E-state index contributed by atoms with van der Waals surface area (Å²) in [5.74, 6) is -0.185. The van der Waals surface area contributed by atoms with Crippen LogP contribution in [0.5, 0.6) is 0 Å². The standard InChI is InChI=1S/C12H14N4OS/c1-7-8(2)18-12(15-7)16-11(17)9-4-5-14-6-10(9)13-3/h4-6,13H,1-3H3,(H,15,16,17). The van der Waals surface area contributed by atoms with Crippen molar-refractivity contribution in [2.45, 2.75) is 13.8 Å². The molecule has 5 nitrogen and oxygen atoms in total. The number of carbonyl (C=O) groups is 1. The largest absolute Gasteiger partial charge is 0.386 e. The highest BCUT2D eigenvalue weighted by Crippen LogP contribution is 2.22. The Hall–Kier alpha value is -1.95. The first-order valence-corrected chi connectivity index (χ1v) is 6.30. The van der Waals surface area contributed by atoms with E-state index >= 15 is 0 Å². The van der Waals surface area contributed by atoms with Gasteiger partial charge < -0.3 is 5.32 Å². The molecule has 2 N–H and O–H groups in total. The fourth-order valence-corrected chi connectivity index (χ4v) is 2.29. The van der Waals surface area contributed by atoms with E-state index < -0.39 is 0 Å². The molecule has 0 bridgehead atoms. The van der Waals surface area contributed by atoms with E-state index in [4.69, 9.17) is 0 Å². The van der Waals surface area contributed by atoms with Crippen LogP contribution in [0.25, 0.3) is 0 Å². The summed E-state index contributed by atoms with van der Waals surface area (Å²) in [5.41, 5.74) is 2.19. The van der Waals surface area contributed by atoms with Crippen LogP contribution in [0.2, 0.25) is 0 Å². The molecule has 2 rings (SSSR count). The van der Waals surface area contributed by atoms with E-state index in [-0.39, 0.29) is 5.91 Å². The molecular weight excluding hydrogens is 248 g/mol. The first-order chi connectivity index (χ1) is 8.61. The number of aryl methyl sites for hydroxylation is 2. The Balaban J connectivity index is 2.22. The van der Waals surface area contributed by atoms with Gasteiger partial charge in [0.05, 0.1) is 23.1 Å². The third kappa shape index (κ3) is 2.48. The number of thiazole rings is 1. The first-order valence-electron chi connectivity index (χ1n) is 5.49. The van der Waals surface area contributed by atoms with E-state index in [0.29, 0.717) is 16.4 Å². The van der Waals surface area contributed by atoms with Gasteiger partial charge in [-0.1, -0.05) is 0 Å². The van der Waals surface area contributed by atoms with Crippen molar-refractivity contribution in [1.29, 1.82) is 0 Å². The van der Waals surface area contributed by atoms with Gasteiger partial charge in [-0.15, -0.1) is 11.3 Å². The zero-order valence-electron chi connectivity index (χ0n) is 10.4. The topological polar surface area (TPSA) is 66.9 Å². The van der Waals surface area contributed by atoms with Gasteiger partial charge in [0, 0.05) is 18.1 Å². The summed E-state index contributed by atoms with van der Waals surface area (Å²) in [7, 11) is 1.76. The van der Waals surface area contributed by atoms with Crippen LogP contribution in [0.3, 0.4) is 0 Å². The molecule has 6 heteroatoms. The Morgan fingerprint density at radius 2 is 2.17 bits per heavy atom.